The second-order valence-electron chi connectivity index (χ2n) is 6.37. The summed E-state index contributed by atoms with van der Waals surface area (Å²) in [6.07, 6.45) is 0. The number of thiazole rings is 1. The number of benzene rings is 2. The highest BCUT2D eigenvalue weighted by Crippen LogP contribution is 2.27. The Morgan fingerprint density at radius 3 is 2.23 bits per heavy atom. The number of carbonyl (C=O) groups is 1. The van der Waals surface area contributed by atoms with Crippen LogP contribution in [0.1, 0.15) is 11.3 Å². The topological polar surface area (TPSA) is 78.9 Å². The Balaban J connectivity index is 1.44. The number of hydrogen-bond acceptors (Lipinski definition) is 8. The molecular formula is C22H24N2O5S2. The molecular weight excluding hydrogens is 436 g/mol. The average molecular weight is 461 g/mol. The van der Waals surface area contributed by atoms with Gasteiger partial charge < -0.3 is 18.9 Å². The minimum atomic E-state index is -0.257. The van der Waals surface area contributed by atoms with Crippen molar-refractivity contribution >= 4 is 34.1 Å². The number of nitrogens with zero attached hydrogens (tertiary/aromatic N) is 1. The molecule has 0 aliphatic rings. The number of amides is 1. The molecule has 0 atom stereocenters. The Morgan fingerprint density at radius 2 is 1.58 bits per heavy atom. The van der Waals surface area contributed by atoms with Gasteiger partial charge in [0.1, 0.15) is 23.0 Å². The molecule has 1 aromatic heterocycles. The Labute approximate surface area is 189 Å². The number of thioether (sulfide) groups is 1. The molecule has 1 N–H and O–H groups in total. The van der Waals surface area contributed by atoms with Gasteiger partial charge in [-0.15, -0.1) is 11.3 Å². The summed E-state index contributed by atoms with van der Waals surface area (Å²) in [5, 5.41) is 5.27. The molecule has 1 heterocycles. The summed E-state index contributed by atoms with van der Waals surface area (Å²) in [4.78, 5) is 16.6. The highest BCUT2D eigenvalue weighted by atomic mass is 32.2. The minimum Gasteiger partial charge on any atom is -0.497 e. The van der Waals surface area contributed by atoms with E-state index in [0.717, 1.165) is 40.0 Å². The first kappa shape index (κ1) is 22.8. The molecule has 31 heavy (non-hydrogen) atoms. The number of hydrogen-bond donors (Lipinski definition) is 1. The summed E-state index contributed by atoms with van der Waals surface area (Å²) >= 11 is 3.12. The largest absolute Gasteiger partial charge is 0.497 e. The van der Waals surface area contributed by atoms with Gasteiger partial charge in [0.2, 0.25) is 0 Å². The monoisotopic (exact) mass is 460 g/mol. The molecule has 9 heteroatoms. The number of nitrogens with one attached hydrogen (secondary N) is 1. The van der Waals surface area contributed by atoms with Crippen LogP contribution in [0, 0.1) is 0 Å². The maximum absolute atomic E-state index is 12.1. The molecule has 1 amide bonds. The van der Waals surface area contributed by atoms with Crippen molar-refractivity contribution < 1.29 is 23.7 Å². The number of carbonyl (C=O) groups excluding carboxylic acids is 1. The van der Waals surface area contributed by atoms with Crippen molar-refractivity contribution in [2.75, 3.05) is 33.3 Å². The quantitative estimate of drug-likeness (QED) is 0.447. The smallest absolute Gasteiger partial charge is 0.264 e. The van der Waals surface area contributed by atoms with E-state index in [1.807, 2.05) is 23.6 Å². The Kier molecular flexibility index (Phi) is 8.43. The first-order chi connectivity index (χ1) is 15.1. The summed E-state index contributed by atoms with van der Waals surface area (Å²) < 4.78 is 21.2. The molecule has 0 fully saturated rings. The van der Waals surface area contributed by atoms with Crippen molar-refractivity contribution in [3.8, 4) is 23.0 Å². The maximum atomic E-state index is 12.1. The van der Waals surface area contributed by atoms with E-state index in [0.29, 0.717) is 10.9 Å². The molecule has 164 valence electrons. The zero-order valence-corrected chi connectivity index (χ0v) is 19.2. The van der Waals surface area contributed by atoms with Gasteiger partial charge in [-0.25, -0.2) is 4.98 Å². The van der Waals surface area contributed by atoms with Crippen LogP contribution in [0.5, 0.6) is 23.0 Å². The predicted molar refractivity (Wildman–Crippen MR) is 124 cm³/mol. The fourth-order valence-electron chi connectivity index (χ4n) is 2.63. The number of aromatic nitrogens is 1. The molecule has 0 unspecified atom stereocenters. The SMILES string of the molecule is COc1ccc(OCC(=O)Nc2nc(CSCc3cc(OC)cc(OC)c3)cs2)cc1. The molecule has 0 radical (unpaired) electrons. The van der Waals surface area contributed by atoms with Gasteiger partial charge in [0.05, 0.1) is 27.0 Å². The number of anilines is 1. The second-order valence-corrected chi connectivity index (χ2v) is 8.21. The molecule has 0 spiro atoms. The van der Waals surface area contributed by atoms with Crippen LogP contribution in [0.15, 0.2) is 47.8 Å². The summed E-state index contributed by atoms with van der Waals surface area (Å²) in [5.41, 5.74) is 2.02. The third-order valence-corrected chi connectivity index (χ3v) is 6.00. The van der Waals surface area contributed by atoms with Gasteiger partial charge in [0, 0.05) is 23.0 Å². The molecule has 0 aliphatic heterocycles. The van der Waals surface area contributed by atoms with E-state index < -0.39 is 0 Å². The normalized spacial score (nSPS) is 10.4. The van der Waals surface area contributed by atoms with Crippen LogP contribution < -0.4 is 24.3 Å². The van der Waals surface area contributed by atoms with Gasteiger partial charge >= 0.3 is 0 Å². The minimum absolute atomic E-state index is 0.0896. The van der Waals surface area contributed by atoms with Gasteiger partial charge in [-0.3, -0.25) is 10.1 Å². The van der Waals surface area contributed by atoms with Crippen molar-refractivity contribution in [2.45, 2.75) is 11.5 Å². The van der Waals surface area contributed by atoms with Crippen LogP contribution in [-0.4, -0.2) is 38.8 Å². The van der Waals surface area contributed by atoms with Crippen LogP contribution in [0.25, 0.3) is 0 Å². The van der Waals surface area contributed by atoms with E-state index in [1.165, 1.54) is 11.3 Å². The first-order valence-corrected chi connectivity index (χ1v) is 11.4. The summed E-state index contributed by atoms with van der Waals surface area (Å²) in [6, 6.07) is 12.9. The fourth-order valence-corrected chi connectivity index (χ4v) is 4.32. The molecule has 0 aliphatic carbocycles. The maximum Gasteiger partial charge on any atom is 0.264 e. The van der Waals surface area contributed by atoms with E-state index >= 15 is 0 Å². The lowest BCUT2D eigenvalue weighted by Gasteiger charge is -2.08. The predicted octanol–water partition coefficient (Wildman–Crippen LogP) is 4.62. The van der Waals surface area contributed by atoms with E-state index in [9.17, 15) is 4.79 Å². The lowest BCUT2D eigenvalue weighted by molar-refractivity contribution is -0.118. The van der Waals surface area contributed by atoms with Crippen molar-refractivity contribution in [1.29, 1.82) is 0 Å². The van der Waals surface area contributed by atoms with Crippen LogP contribution in [0.3, 0.4) is 0 Å². The Hall–Kier alpha value is -2.91. The van der Waals surface area contributed by atoms with Crippen LogP contribution >= 0.6 is 23.1 Å². The third kappa shape index (κ3) is 7.08. The van der Waals surface area contributed by atoms with Crippen molar-refractivity contribution in [3.63, 3.8) is 0 Å². The van der Waals surface area contributed by atoms with Crippen molar-refractivity contribution in [1.82, 2.24) is 4.98 Å². The number of rotatable bonds is 11. The zero-order valence-electron chi connectivity index (χ0n) is 17.5. The van der Waals surface area contributed by atoms with Crippen LogP contribution in [0.2, 0.25) is 0 Å². The highest BCUT2D eigenvalue weighted by Gasteiger charge is 2.09. The molecule has 0 saturated heterocycles. The Morgan fingerprint density at radius 1 is 0.935 bits per heavy atom. The van der Waals surface area contributed by atoms with Crippen LogP contribution in [-0.2, 0) is 16.3 Å². The molecule has 0 bridgehead atoms. The van der Waals surface area contributed by atoms with Crippen molar-refractivity contribution in [2.24, 2.45) is 0 Å². The highest BCUT2D eigenvalue weighted by molar-refractivity contribution is 7.97. The molecule has 2 aromatic carbocycles. The van der Waals surface area contributed by atoms with E-state index in [1.54, 1.807) is 57.4 Å². The molecule has 3 rings (SSSR count). The molecule has 3 aromatic rings. The molecule has 7 nitrogen and oxygen atoms in total. The van der Waals surface area contributed by atoms with Gasteiger partial charge in [0.15, 0.2) is 11.7 Å². The standard InChI is InChI=1S/C22H24N2O5S2/c1-26-17-4-6-18(7-5-17)29-11-21(25)24-22-23-16(14-31-22)13-30-12-15-8-19(27-2)10-20(9-15)28-3/h4-10,14H,11-13H2,1-3H3,(H,23,24,25). The van der Waals surface area contributed by atoms with Crippen LogP contribution in [0.4, 0.5) is 5.13 Å². The lowest BCUT2D eigenvalue weighted by atomic mass is 10.2. The average Bonchev–Trinajstić information content (AvgIpc) is 3.24. The van der Waals surface area contributed by atoms with Crippen molar-refractivity contribution in [3.05, 3.63) is 59.1 Å². The molecule has 0 saturated carbocycles. The second kappa shape index (κ2) is 11.5. The van der Waals surface area contributed by atoms with Gasteiger partial charge in [-0.1, -0.05) is 0 Å². The van der Waals surface area contributed by atoms with E-state index in [-0.39, 0.29) is 12.5 Å². The number of ether oxygens (including phenoxy) is 4. The first-order valence-electron chi connectivity index (χ1n) is 9.40. The van der Waals surface area contributed by atoms with E-state index in [4.69, 9.17) is 18.9 Å². The third-order valence-electron chi connectivity index (χ3n) is 4.16. The Bertz CT molecular complexity index is 970. The summed E-state index contributed by atoms with van der Waals surface area (Å²) in [6.45, 7) is -0.0896. The zero-order chi connectivity index (χ0) is 22.1. The fraction of sp³-hybridized carbons (Fsp3) is 0.273. The van der Waals surface area contributed by atoms with Gasteiger partial charge in [-0.2, -0.15) is 11.8 Å². The summed E-state index contributed by atoms with van der Waals surface area (Å²) in [5.74, 6) is 4.14. The van der Waals surface area contributed by atoms with E-state index in [2.05, 4.69) is 10.3 Å². The summed E-state index contributed by atoms with van der Waals surface area (Å²) in [7, 11) is 4.87. The number of methoxy groups -OCH3 is 3. The van der Waals surface area contributed by atoms with Gasteiger partial charge in [-0.05, 0) is 42.0 Å². The van der Waals surface area contributed by atoms with Gasteiger partial charge in [0.25, 0.3) is 5.91 Å². The lowest BCUT2D eigenvalue weighted by Crippen LogP contribution is -2.20.